The van der Waals surface area contributed by atoms with E-state index < -0.39 is 0 Å². The number of carbonyl (C=O) groups is 2. The zero-order valence-electron chi connectivity index (χ0n) is 14.0. The van der Waals surface area contributed by atoms with Gasteiger partial charge in [0.25, 0.3) is 0 Å². The van der Waals surface area contributed by atoms with Gasteiger partial charge in [0.1, 0.15) is 0 Å². The highest BCUT2D eigenvalue weighted by atomic mass is 35.5. The van der Waals surface area contributed by atoms with Crippen LogP contribution in [0.4, 0.5) is 5.69 Å². The quantitative estimate of drug-likeness (QED) is 0.830. The molecule has 2 rings (SSSR count). The number of hydrogen-bond donors (Lipinski definition) is 2. The van der Waals surface area contributed by atoms with Crippen LogP contribution in [-0.4, -0.2) is 38.0 Å². The third-order valence-corrected chi connectivity index (χ3v) is 4.23. The maximum Gasteiger partial charge on any atom is 0.227 e. The van der Waals surface area contributed by atoms with E-state index in [0.29, 0.717) is 13.1 Å². The summed E-state index contributed by atoms with van der Waals surface area (Å²) in [5.41, 5.74) is 2.08. The smallest absolute Gasteiger partial charge is 0.227 e. The van der Waals surface area contributed by atoms with Gasteiger partial charge in [-0.3, -0.25) is 9.59 Å². The molecule has 2 amide bonds. The maximum atomic E-state index is 12.3. The molecule has 6 heteroatoms. The second-order valence-corrected chi connectivity index (χ2v) is 5.82. The van der Waals surface area contributed by atoms with Crippen molar-refractivity contribution in [2.75, 3.05) is 25.0 Å². The Bertz CT molecular complexity index is 550. The fraction of sp³-hybridized carbons (Fsp3) is 0.529. The van der Waals surface area contributed by atoms with E-state index in [0.717, 1.165) is 17.7 Å². The first kappa shape index (κ1) is 19.5. The molecule has 1 aliphatic rings. The first-order chi connectivity index (χ1) is 10.6. The minimum absolute atomic E-state index is 0. The standard InChI is InChI=1S/C17H25N3O2.ClH/c1-4-13-7-5-6-8-15(13)20-11-14(9-16(20)21)17(22)19-10-12(2)18-3;/h5-8,12,14,18H,4,9-11H2,1-3H3,(H,19,22);1H. The lowest BCUT2D eigenvalue weighted by molar-refractivity contribution is -0.126. The van der Waals surface area contributed by atoms with Crippen molar-refractivity contribution < 1.29 is 9.59 Å². The molecule has 0 bridgehead atoms. The van der Waals surface area contributed by atoms with Crippen LogP contribution in [0.2, 0.25) is 0 Å². The van der Waals surface area contributed by atoms with Crippen LogP contribution >= 0.6 is 12.4 Å². The molecule has 1 saturated heterocycles. The van der Waals surface area contributed by atoms with Crippen LogP contribution in [0.1, 0.15) is 25.8 Å². The summed E-state index contributed by atoms with van der Waals surface area (Å²) in [6.07, 6.45) is 1.16. The number of benzene rings is 1. The highest BCUT2D eigenvalue weighted by Crippen LogP contribution is 2.28. The number of amides is 2. The molecular weight excluding hydrogens is 314 g/mol. The van der Waals surface area contributed by atoms with Crippen molar-refractivity contribution in [2.24, 2.45) is 5.92 Å². The number of nitrogens with zero attached hydrogens (tertiary/aromatic N) is 1. The van der Waals surface area contributed by atoms with Crippen LogP contribution in [0.15, 0.2) is 24.3 Å². The minimum atomic E-state index is -0.263. The van der Waals surface area contributed by atoms with Gasteiger partial charge in [-0.25, -0.2) is 0 Å². The highest BCUT2D eigenvalue weighted by Gasteiger charge is 2.35. The summed E-state index contributed by atoms with van der Waals surface area (Å²) in [5, 5.41) is 5.99. The molecule has 0 saturated carbocycles. The van der Waals surface area contributed by atoms with Crippen molar-refractivity contribution in [2.45, 2.75) is 32.7 Å². The zero-order chi connectivity index (χ0) is 16.1. The second kappa shape index (κ2) is 8.89. The lowest BCUT2D eigenvalue weighted by atomic mass is 10.1. The van der Waals surface area contributed by atoms with Crippen molar-refractivity contribution in [3.63, 3.8) is 0 Å². The Morgan fingerprint density at radius 3 is 2.74 bits per heavy atom. The van der Waals surface area contributed by atoms with Gasteiger partial charge in [-0.05, 0) is 32.0 Å². The molecular formula is C17H26ClN3O2. The number of halogens is 1. The molecule has 1 fully saturated rings. The molecule has 1 aromatic rings. The Balaban J connectivity index is 0.00000264. The van der Waals surface area contributed by atoms with Crippen LogP contribution in [-0.2, 0) is 16.0 Å². The first-order valence-electron chi connectivity index (χ1n) is 7.90. The topological polar surface area (TPSA) is 61.4 Å². The van der Waals surface area contributed by atoms with E-state index in [1.54, 1.807) is 4.90 Å². The Morgan fingerprint density at radius 1 is 1.39 bits per heavy atom. The van der Waals surface area contributed by atoms with Gasteiger partial charge in [-0.1, -0.05) is 25.1 Å². The number of likely N-dealkylation sites (N-methyl/N-ethyl adjacent to an activating group) is 1. The van der Waals surface area contributed by atoms with E-state index in [1.165, 1.54) is 0 Å². The molecule has 0 aromatic heterocycles. The van der Waals surface area contributed by atoms with Crippen molar-refractivity contribution in [1.29, 1.82) is 0 Å². The van der Waals surface area contributed by atoms with Crippen LogP contribution in [0.5, 0.6) is 0 Å². The molecule has 0 aliphatic carbocycles. The highest BCUT2D eigenvalue weighted by molar-refractivity contribution is 6.00. The zero-order valence-corrected chi connectivity index (χ0v) is 14.8. The number of aryl methyl sites for hydroxylation is 1. The molecule has 23 heavy (non-hydrogen) atoms. The summed E-state index contributed by atoms with van der Waals surface area (Å²) in [4.78, 5) is 26.3. The predicted molar refractivity (Wildman–Crippen MR) is 95.1 cm³/mol. The summed E-state index contributed by atoms with van der Waals surface area (Å²) in [7, 11) is 1.86. The molecule has 2 N–H and O–H groups in total. The summed E-state index contributed by atoms with van der Waals surface area (Å²) < 4.78 is 0. The number of rotatable bonds is 6. The number of nitrogens with one attached hydrogen (secondary N) is 2. The van der Waals surface area contributed by atoms with E-state index in [4.69, 9.17) is 0 Å². The number of hydrogen-bond acceptors (Lipinski definition) is 3. The average molecular weight is 340 g/mol. The van der Waals surface area contributed by atoms with Gasteiger partial charge in [0.15, 0.2) is 0 Å². The van der Waals surface area contributed by atoms with Gasteiger partial charge >= 0.3 is 0 Å². The molecule has 1 heterocycles. The SMILES string of the molecule is CCc1ccccc1N1CC(C(=O)NCC(C)NC)CC1=O.Cl. The van der Waals surface area contributed by atoms with Crippen molar-refractivity contribution in [1.82, 2.24) is 10.6 Å². The Hall–Kier alpha value is -1.59. The molecule has 0 radical (unpaired) electrons. The lowest BCUT2D eigenvalue weighted by Gasteiger charge is -2.20. The summed E-state index contributed by atoms with van der Waals surface area (Å²) in [5.74, 6) is -0.267. The van der Waals surface area contributed by atoms with E-state index >= 15 is 0 Å². The fourth-order valence-electron chi connectivity index (χ4n) is 2.69. The summed E-state index contributed by atoms with van der Waals surface area (Å²) in [6.45, 7) is 5.12. The fourth-order valence-corrected chi connectivity index (χ4v) is 2.69. The van der Waals surface area contributed by atoms with E-state index in [1.807, 2.05) is 38.2 Å². The van der Waals surface area contributed by atoms with Crippen LogP contribution < -0.4 is 15.5 Å². The molecule has 0 spiro atoms. The monoisotopic (exact) mass is 339 g/mol. The number of anilines is 1. The molecule has 5 nitrogen and oxygen atoms in total. The largest absolute Gasteiger partial charge is 0.354 e. The molecule has 1 aliphatic heterocycles. The Labute approximate surface area is 144 Å². The third-order valence-electron chi connectivity index (χ3n) is 4.23. The van der Waals surface area contributed by atoms with E-state index in [9.17, 15) is 9.59 Å². The van der Waals surface area contributed by atoms with Crippen molar-refractivity contribution in [3.8, 4) is 0 Å². The molecule has 128 valence electrons. The Morgan fingerprint density at radius 2 is 2.09 bits per heavy atom. The third kappa shape index (κ3) is 4.69. The number of carbonyl (C=O) groups excluding carboxylic acids is 2. The Kier molecular flexibility index (Phi) is 7.52. The second-order valence-electron chi connectivity index (χ2n) is 5.82. The molecule has 1 aromatic carbocycles. The molecule has 2 atom stereocenters. The van der Waals surface area contributed by atoms with Gasteiger partial charge in [0.2, 0.25) is 11.8 Å². The van der Waals surface area contributed by atoms with Gasteiger partial charge in [0, 0.05) is 31.2 Å². The average Bonchev–Trinajstić information content (AvgIpc) is 2.93. The van der Waals surface area contributed by atoms with Crippen LogP contribution in [0.25, 0.3) is 0 Å². The van der Waals surface area contributed by atoms with Crippen LogP contribution in [0, 0.1) is 5.92 Å². The summed E-state index contributed by atoms with van der Waals surface area (Å²) >= 11 is 0. The van der Waals surface area contributed by atoms with Gasteiger partial charge in [0.05, 0.1) is 5.92 Å². The predicted octanol–water partition coefficient (Wildman–Crippen LogP) is 1.75. The maximum absolute atomic E-state index is 12.3. The van der Waals surface area contributed by atoms with Gasteiger partial charge in [-0.2, -0.15) is 0 Å². The van der Waals surface area contributed by atoms with Crippen molar-refractivity contribution in [3.05, 3.63) is 29.8 Å². The van der Waals surface area contributed by atoms with Gasteiger partial charge < -0.3 is 15.5 Å². The molecule has 2 unspecified atom stereocenters. The normalized spacial score (nSPS) is 18.5. The minimum Gasteiger partial charge on any atom is -0.354 e. The lowest BCUT2D eigenvalue weighted by Crippen LogP contribution is -2.40. The van der Waals surface area contributed by atoms with E-state index in [-0.39, 0.29) is 42.6 Å². The first-order valence-corrected chi connectivity index (χ1v) is 7.90. The number of para-hydroxylation sites is 1. The van der Waals surface area contributed by atoms with Crippen LogP contribution in [0.3, 0.4) is 0 Å². The van der Waals surface area contributed by atoms with Crippen molar-refractivity contribution >= 4 is 29.9 Å². The van der Waals surface area contributed by atoms with Gasteiger partial charge in [-0.15, -0.1) is 12.4 Å². The van der Waals surface area contributed by atoms with E-state index in [2.05, 4.69) is 17.6 Å². The summed E-state index contributed by atoms with van der Waals surface area (Å²) in [6, 6.07) is 8.12.